The maximum absolute atomic E-state index is 9.15. The molecule has 1 atom stereocenters. The fraction of sp³-hybridized carbons (Fsp3) is 0.500. The van der Waals surface area contributed by atoms with Gasteiger partial charge in [0.2, 0.25) is 0 Å². The van der Waals surface area contributed by atoms with Crippen molar-refractivity contribution >= 4 is 22.8 Å². The molecule has 0 fully saturated rings. The van der Waals surface area contributed by atoms with Gasteiger partial charge < -0.3 is 20.6 Å². The van der Waals surface area contributed by atoms with Gasteiger partial charge in [-0.1, -0.05) is 20.8 Å². The van der Waals surface area contributed by atoms with Crippen LogP contribution in [-0.4, -0.2) is 22.7 Å². The minimum Gasteiger partial charge on any atom is -0.424 e. The minimum atomic E-state index is 0.00239. The molecule has 1 heterocycles. The van der Waals surface area contributed by atoms with Gasteiger partial charge in [0.25, 0.3) is 6.01 Å². The zero-order chi connectivity index (χ0) is 14.0. The van der Waals surface area contributed by atoms with Crippen LogP contribution in [-0.2, 0) is 0 Å². The first-order chi connectivity index (χ1) is 8.90. The van der Waals surface area contributed by atoms with Crippen molar-refractivity contribution in [1.29, 1.82) is 0 Å². The lowest BCUT2D eigenvalue weighted by molar-refractivity contribution is 0.233. The van der Waals surface area contributed by atoms with Crippen LogP contribution in [0.5, 0.6) is 0 Å². The van der Waals surface area contributed by atoms with E-state index in [4.69, 9.17) is 15.3 Å². The Hall–Kier alpha value is -1.75. The number of aliphatic hydroxyl groups excluding tert-OH is 1. The summed E-state index contributed by atoms with van der Waals surface area (Å²) >= 11 is 0. The van der Waals surface area contributed by atoms with Crippen molar-refractivity contribution in [1.82, 2.24) is 4.98 Å². The van der Waals surface area contributed by atoms with Gasteiger partial charge >= 0.3 is 0 Å². The second-order valence-corrected chi connectivity index (χ2v) is 5.82. The van der Waals surface area contributed by atoms with E-state index in [9.17, 15) is 0 Å². The number of benzene rings is 1. The maximum Gasteiger partial charge on any atom is 0.295 e. The Morgan fingerprint density at radius 1 is 1.42 bits per heavy atom. The minimum absolute atomic E-state index is 0.00239. The normalized spacial score (nSPS) is 13.7. The molecule has 0 radical (unpaired) electrons. The van der Waals surface area contributed by atoms with Crippen molar-refractivity contribution in [2.45, 2.75) is 33.2 Å². The molecule has 2 aromatic rings. The molecule has 4 N–H and O–H groups in total. The predicted octanol–water partition coefficient (Wildman–Crippen LogP) is 2.62. The number of rotatable bonds is 4. The standard InChI is InChI=1S/C14H21N3O2/c1-14(2,3)12(6-7-18)17-13-16-10-8-9(15)4-5-11(10)19-13/h4-5,8,12,18H,6-7,15H2,1-3H3,(H,16,17). The Labute approximate surface area is 112 Å². The molecule has 2 rings (SSSR count). The number of aromatic nitrogens is 1. The molecule has 0 spiro atoms. The fourth-order valence-electron chi connectivity index (χ4n) is 2.01. The second-order valence-electron chi connectivity index (χ2n) is 5.82. The highest BCUT2D eigenvalue weighted by Gasteiger charge is 2.25. The number of hydrogen-bond donors (Lipinski definition) is 3. The van der Waals surface area contributed by atoms with Gasteiger partial charge in [0, 0.05) is 18.3 Å². The summed E-state index contributed by atoms with van der Waals surface area (Å²) in [6.07, 6.45) is 0.643. The highest BCUT2D eigenvalue weighted by Crippen LogP contribution is 2.27. The van der Waals surface area contributed by atoms with Gasteiger partial charge in [-0.15, -0.1) is 0 Å². The van der Waals surface area contributed by atoms with Crippen molar-refractivity contribution in [3.8, 4) is 0 Å². The number of aliphatic hydroxyl groups is 1. The van der Waals surface area contributed by atoms with E-state index in [0.717, 1.165) is 5.52 Å². The molecule has 5 heteroatoms. The van der Waals surface area contributed by atoms with Crippen LogP contribution >= 0.6 is 0 Å². The van der Waals surface area contributed by atoms with Crippen molar-refractivity contribution in [3.05, 3.63) is 18.2 Å². The summed E-state index contributed by atoms with van der Waals surface area (Å²) in [5.74, 6) is 0. The summed E-state index contributed by atoms with van der Waals surface area (Å²) in [7, 11) is 0. The van der Waals surface area contributed by atoms with E-state index in [1.165, 1.54) is 0 Å². The fourth-order valence-corrected chi connectivity index (χ4v) is 2.01. The third-order valence-electron chi connectivity index (χ3n) is 3.17. The number of oxazole rings is 1. The maximum atomic E-state index is 9.15. The van der Waals surface area contributed by atoms with Crippen LogP contribution in [0.15, 0.2) is 22.6 Å². The third-order valence-corrected chi connectivity index (χ3v) is 3.17. The molecule has 1 unspecified atom stereocenters. The van der Waals surface area contributed by atoms with Crippen LogP contribution in [0.3, 0.4) is 0 Å². The predicted molar refractivity (Wildman–Crippen MR) is 77.0 cm³/mol. The van der Waals surface area contributed by atoms with E-state index in [2.05, 4.69) is 31.1 Å². The molecule has 0 aliphatic rings. The summed E-state index contributed by atoms with van der Waals surface area (Å²) in [6, 6.07) is 5.92. The molecule has 5 nitrogen and oxygen atoms in total. The van der Waals surface area contributed by atoms with Gasteiger partial charge in [-0.2, -0.15) is 4.98 Å². The van der Waals surface area contributed by atoms with Crippen LogP contribution in [0.25, 0.3) is 11.1 Å². The Kier molecular flexibility index (Phi) is 3.66. The number of anilines is 2. The van der Waals surface area contributed by atoms with Gasteiger partial charge in [0.05, 0.1) is 0 Å². The highest BCUT2D eigenvalue weighted by molar-refractivity contribution is 5.78. The molecule has 19 heavy (non-hydrogen) atoms. The van der Waals surface area contributed by atoms with Crippen molar-refractivity contribution in [2.24, 2.45) is 5.41 Å². The lowest BCUT2D eigenvalue weighted by Crippen LogP contribution is -2.34. The molecule has 0 saturated heterocycles. The van der Waals surface area contributed by atoms with Crippen LogP contribution in [0.4, 0.5) is 11.7 Å². The van der Waals surface area contributed by atoms with Gasteiger partial charge in [0.1, 0.15) is 5.52 Å². The number of nitrogens with one attached hydrogen (secondary N) is 1. The van der Waals surface area contributed by atoms with Gasteiger partial charge in [-0.3, -0.25) is 0 Å². The lowest BCUT2D eigenvalue weighted by atomic mass is 9.85. The van der Waals surface area contributed by atoms with Crippen molar-refractivity contribution in [2.75, 3.05) is 17.7 Å². The zero-order valence-corrected chi connectivity index (χ0v) is 11.6. The number of nitrogen functional groups attached to an aromatic ring is 1. The summed E-state index contributed by atoms with van der Waals surface area (Å²) in [6.45, 7) is 6.46. The molecular formula is C14H21N3O2. The lowest BCUT2D eigenvalue weighted by Gasteiger charge is -2.30. The molecule has 0 saturated carbocycles. The van der Waals surface area contributed by atoms with E-state index < -0.39 is 0 Å². The van der Waals surface area contributed by atoms with E-state index in [0.29, 0.717) is 23.7 Å². The average molecular weight is 263 g/mol. The Morgan fingerprint density at radius 3 is 2.79 bits per heavy atom. The van der Waals surface area contributed by atoms with E-state index >= 15 is 0 Å². The first kappa shape index (κ1) is 13.7. The smallest absolute Gasteiger partial charge is 0.295 e. The molecule has 0 bridgehead atoms. The van der Waals surface area contributed by atoms with E-state index in [1.807, 2.05) is 0 Å². The van der Waals surface area contributed by atoms with Crippen LogP contribution in [0, 0.1) is 5.41 Å². The van der Waals surface area contributed by atoms with E-state index in [1.54, 1.807) is 18.2 Å². The Bertz CT molecular complexity index is 557. The molecule has 0 aliphatic heterocycles. The molecule has 1 aromatic carbocycles. The number of fused-ring (bicyclic) bond motifs is 1. The first-order valence-electron chi connectivity index (χ1n) is 6.43. The number of hydrogen-bond acceptors (Lipinski definition) is 5. The summed E-state index contributed by atoms with van der Waals surface area (Å²) in [5.41, 5.74) is 7.82. The molecule has 0 amide bonds. The first-order valence-corrected chi connectivity index (χ1v) is 6.43. The van der Waals surface area contributed by atoms with Crippen molar-refractivity contribution in [3.63, 3.8) is 0 Å². The number of nitrogens with zero attached hydrogens (tertiary/aromatic N) is 1. The average Bonchev–Trinajstić information content (AvgIpc) is 2.68. The van der Waals surface area contributed by atoms with Crippen LogP contribution in [0.2, 0.25) is 0 Å². The molecule has 0 aliphatic carbocycles. The SMILES string of the molecule is CC(C)(C)C(CCO)Nc1nc2cc(N)ccc2o1. The van der Waals surface area contributed by atoms with Crippen molar-refractivity contribution < 1.29 is 9.52 Å². The Morgan fingerprint density at radius 2 is 2.16 bits per heavy atom. The second kappa shape index (κ2) is 5.09. The topological polar surface area (TPSA) is 84.3 Å². The molecular weight excluding hydrogens is 242 g/mol. The van der Waals surface area contributed by atoms with Crippen LogP contribution < -0.4 is 11.1 Å². The largest absolute Gasteiger partial charge is 0.424 e. The zero-order valence-electron chi connectivity index (χ0n) is 11.6. The third kappa shape index (κ3) is 3.17. The molecule has 104 valence electrons. The highest BCUT2D eigenvalue weighted by atomic mass is 16.4. The molecule has 1 aromatic heterocycles. The van der Waals surface area contributed by atoms with Crippen LogP contribution in [0.1, 0.15) is 27.2 Å². The van der Waals surface area contributed by atoms with Gasteiger partial charge in [-0.05, 0) is 30.0 Å². The van der Waals surface area contributed by atoms with E-state index in [-0.39, 0.29) is 18.1 Å². The monoisotopic (exact) mass is 263 g/mol. The number of nitrogens with two attached hydrogens (primary N) is 1. The summed E-state index contributed by atoms with van der Waals surface area (Å²) in [4.78, 5) is 4.37. The summed E-state index contributed by atoms with van der Waals surface area (Å²) < 4.78 is 5.64. The quantitative estimate of drug-likeness (QED) is 0.738. The van der Waals surface area contributed by atoms with Gasteiger partial charge in [0.15, 0.2) is 5.58 Å². The van der Waals surface area contributed by atoms with Gasteiger partial charge in [-0.25, -0.2) is 0 Å². The Balaban J connectivity index is 2.24. The summed E-state index contributed by atoms with van der Waals surface area (Å²) in [5, 5.41) is 12.4.